The molecule has 0 bridgehead atoms. The van der Waals surface area contributed by atoms with Crippen LogP contribution >= 0.6 is 0 Å². The molecule has 0 aliphatic heterocycles. The molecular formula is C17H22F3NO3. The van der Waals surface area contributed by atoms with Gasteiger partial charge in [-0.2, -0.15) is 13.2 Å². The molecule has 4 nitrogen and oxygen atoms in total. The Morgan fingerprint density at radius 2 is 1.75 bits per heavy atom. The van der Waals surface area contributed by atoms with Gasteiger partial charge in [-0.05, 0) is 30.9 Å². The summed E-state index contributed by atoms with van der Waals surface area (Å²) in [5, 5.41) is 0. The number of alkyl halides is 3. The van der Waals surface area contributed by atoms with Gasteiger partial charge < -0.3 is 9.64 Å². The summed E-state index contributed by atoms with van der Waals surface area (Å²) in [6.07, 6.45) is -4.67. The normalized spacial score (nSPS) is 12.8. The van der Waals surface area contributed by atoms with Crippen molar-refractivity contribution in [3.05, 3.63) is 35.4 Å². The van der Waals surface area contributed by atoms with E-state index in [9.17, 15) is 22.8 Å². The maximum absolute atomic E-state index is 12.3. The van der Waals surface area contributed by atoms with Crippen molar-refractivity contribution >= 4 is 11.9 Å². The molecule has 1 rings (SSSR count). The van der Waals surface area contributed by atoms with Crippen molar-refractivity contribution in [1.29, 1.82) is 0 Å². The maximum atomic E-state index is 12.3. The third-order valence-electron chi connectivity index (χ3n) is 3.86. The molecule has 1 aromatic carbocycles. The first-order chi connectivity index (χ1) is 11.0. The molecule has 1 aromatic rings. The number of hydrogen-bond donors (Lipinski definition) is 0. The van der Waals surface area contributed by atoms with Gasteiger partial charge in [0.1, 0.15) is 0 Å². The van der Waals surface area contributed by atoms with Crippen LogP contribution in [0.2, 0.25) is 0 Å². The predicted molar refractivity (Wildman–Crippen MR) is 83.0 cm³/mol. The summed E-state index contributed by atoms with van der Waals surface area (Å²) in [6.45, 7) is 5.70. The molecule has 0 spiro atoms. The fraction of sp³-hybridized carbons (Fsp3) is 0.529. The SMILES string of the molecule is Cc1ccccc1CN(C(=O)C(=O)OCC(F)(F)F)C(C)C(C)C. The molecule has 0 fully saturated rings. The van der Waals surface area contributed by atoms with Crippen molar-refractivity contribution in [1.82, 2.24) is 4.90 Å². The van der Waals surface area contributed by atoms with Crippen molar-refractivity contribution in [2.45, 2.75) is 46.5 Å². The van der Waals surface area contributed by atoms with Crippen LogP contribution in [0.3, 0.4) is 0 Å². The van der Waals surface area contributed by atoms with Crippen molar-refractivity contribution in [3.8, 4) is 0 Å². The van der Waals surface area contributed by atoms with Crippen LogP contribution in [-0.2, 0) is 20.9 Å². The van der Waals surface area contributed by atoms with Gasteiger partial charge in [-0.3, -0.25) is 4.79 Å². The van der Waals surface area contributed by atoms with E-state index in [1.54, 1.807) is 13.0 Å². The zero-order valence-electron chi connectivity index (χ0n) is 14.2. The lowest BCUT2D eigenvalue weighted by Gasteiger charge is -2.31. The topological polar surface area (TPSA) is 46.6 Å². The minimum atomic E-state index is -4.67. The first-order valence-electron chi connectivity index (χ1n) is 7.62. The second-order valence-corrected chi connectivity index (χ2v) is 6.04. The highest BCUT2D eigenvalue weighted by molar-refractivity contribution is 6.32. The van der Waals surface area contributed by atoms with E-state index in [4.69, 9.17) is 0 Å². The Kier molecular flexibility index (Phi) is 6.81. The summed E-state index contributed by atoms with van der Waals surface area (Å²) in [5.41, 5.74) is 1.75. The summed E-state index contributed by atoms with van der Waals surface area (Å²) < 4.78 is 40.6. The Morgan fingerprint density at radius 1 is 1.17 bits per heavy atom. The fourth-order valence-corrected chi connectivity index (χ4v) is 2.06. The van der Waals surface area contributed by atoms with Crippen LogP contribution in [-0.4, -0.2) is 35.6 Å². The maximum Gasteiger partial charge on any atom is 0.422 e. The Hall–Kier alpha value is -2.05. The third-order valence-corrected chi connectivity index (χ3v) is 3.86. The molecule has 24 heavy (non-hydrogen) atoms. The summed E-state index contributed by atoms with van der Waals surface area (Å²) in [6, 6.07) is 6.97. The van der Waals surface area contributed by atoms with Gasteiger partial charge in [-0.15, -0.1) is 0 Å². The molecule has 0 aliphatic carbocycles. The lowest BCUT2D eigenvalue weighted by atomic mass is 10.0. The second kappa shape index (κ2) is 8.17. The molecule has 1 atom stereocenters. The molecule has 0 aromatic heterocycles. The molecule has 1 unspecified atom stereocenters. The molecule has 0 aliphatic rings. The van der Waals surface area contributed by atoms with Crippen molar-refractivity contribution in [2.24, 2.45) is 5.92 Å². The van der Waals surface area contributed by atoms with Gasteiger partial charge in [0.05, 0.1) is 0 Å². The Balaban J connectivity index is 2.95. The predicted octanol–water partition coefficient (Wildman–Crippen LogP) is 3.47. The quantitative estimate of drug-likeness (QED) is 0.606. The molecule has 134 valence electrons. The summed E-state index contributed by atoms with van der Waals surface area (Å²) in [7, 11) is 0. The molecule has 7 heteroatoms. The van der Waals surface area contributed by atoms with Crippen LogP contribution in [0.4, 0.5) is 13.2 Å². The number of hydrogen-bond acceptors (Lipinski definition) is 3. The van der Waals surface area contributed by atoms with Gasteiger partial charge in [0.15, 0.2) is 6.61 Å². The first kappa shape index (κ1) is 20.0. The van der Waals surface area contributed by atoms with Crippen LogP contribution in [0.15, 0.2) is 24.3 Å². The minimum absolute atomic E-state index is 0.0217. The molecule has 0 N–H and O–H groups in total. The lowest BCUT2D eigenvalue weighted by molar-refractivity contribution is -0.190. The van der Waals surface area contributed by atoms with Gasteiger partial charge in [0.25, 0.3) is 0 Å². The second-order valence-electron chi connectivity index (χ2n) is 6.04. The fourth-order valence-electron chi connectivity index (χ4n) is 2.06. The number of halogens is 3. The highest BCUT2D eigenvalue weighted by atomic mass is 19.4. The molecule has 0 saturated carbocycles. The molecule has 0 saturated heterocycles. The smallest absolute Gasteiger partial charge is 0.422 e. The number of nitrogens with zero attached hydrogens (tertiary/aromatic N) is 1. The van der Waals surface area contributed by atoms with E-state index in [-0.39, 0.29) is 18.5 Å². The highest BCUT2D eigenvalue weighted by Crippen LogP contribution is 2.19. The molecule has 0 radical (unpaired) electrons. The van der Waals surface area contributed by atoms with E-state index in [0.717, 1.165) is 11.1 Å². The number of esters is 1. The molecule has 0 heterocycles. The van der Waals surface area contributed by atoms with Gasteiger partial charge in [-0.1, -0.05) is 38.1 Å². The van der Waals surface area contributed by atoms with Gasteiger partial charge in [-0.25, -0.2) is 4.79 Å². The zero-order chi connectivity index (χ0) is 18.5. The lowest BCUT2D eigenvalue weighted by Crippen LogP contribution is -2.45. The Bertz CT molecular complexity index is 585. The van der Waals surface area contributed by atoms with E-state index >= 15 is 0 Å². The van der Waals surface area contributed by atoms with E-state index in [0.29, 0.717) is 0 Å². The number of rotatable bonds is 5. The van der Waals surface area contributed by atoms with E-state index in [2.05, 4.69) is 4.74 Å². The average Bonchev–Trinajstić information content (AvgIpc) is 2.49. The van der Waals surface area contributed by atoms with Gasteiger partial charge in [0.2, 0.25) is 0 Å². The molecule has 1 amide bonds. The monoisotopic (exact) mass is 345 g/mol. The minimum Gasteiger partial charge on any atom is -0.449 e. The number of carbonyl (C=O) groups excluding carboxylic acids is 2. The van der Waals surface area contributed by atoms with Crippen molar-refractivity contribution < 1.29 is 27.5 Å². The van der Waals surface area contributed by atoms with Gasteiger partial charge >= 0.3 is 18.1 Å². The first-order valence-corrected chi connectivity index (χ1v) is 7.62. The van der Waals surface area contributed by atoms with E-state index in [1.807, 2.05) is 39.0 Å². The summed E-state index contributed by atoms with van der Waals surface area (Å²) in [5.74, 6) is -2.54. The standard InChI is InChI=1S/C17H22F3NO3/c1-11(2)13(4)21(9-14-8-6-5-7-12(14)3)15(22)16(23)24-10-17(18,19)20/h5-8,11,13H,9-10H2,1-4H3. The number of benzene rings is 1. The van der Waals surface area contributed by atoms with Crippen LogP contribution in [0.25, 0.3) is 0 Å². The Morgan fingerprint density at radius 3 is 2.25 bits per heavy atom. The van der Waals surface area contributed by atoms with E-state index in [1.165, 1.54) is 4.90 Å². The van der Waals surface area contributed by atoms with Crippen LogP contribution in [0.5, 0.6) is 0 Å². The number of ether oxygens (including phenoxy) is 1. The zero-order valence-corrected chi connectivity index (χ0v) is 14.2. The summed E-state index contributed by atoms with van der Waals surface area (Å²) >= 11 is 0. The number of aryl methyl sites for hydroxylation is 1. The third kappa shape index (κ3) is 5.86. The van der Waals surface area contributed by atoms with Crippen LogP contribution in [0.1, 0.15) is 31.9 Å². The van der Waals surface area contributed by atoms with Gasteiger partial charge in [0, 0.05) is 12.6 Å². The van der Waals surface area contributed by atoms with Crippen molar-refractivity contribution in [3.63, 3.8) is 0 Å². The largest absolute Gasteiger partial charge is 0.449 e. The summed E-state index contributed by atoms with van der Waals surface area (Å²) in [4.78, 5) is 25.3. The van der Waals surface area contributed by atoms with Crippen molar-refractivity contribution in [2.75, 3.05) is 6.61 Å². The highest BCUT2D eigenvalue weighted by Gasteiger charge is 2.34. The average molecular weight is 345 g/mol. The van der Waals surface area contributed by atoms with Crippen LogP contribution < -0.4 is 0 Å². The van der Waals surface area contributed by atoms with E-state index < -0.39 is 24.7 Å². The molecular weight excluding hydrogens is 323 g/mol. The Labute approximate surface area is 139 Å². The van der Waals surface area contributed by atoms with Crippen LogP contribution in [0, 0.1) is 12.8 Å². The number of amides is 1. The number of carbonyl (C=O) groups is 2.